The van der Waals surface area contributed by atoms with Crippen LogP contribution in [0.15, 0.2) is 0 Å². The summed E-state index contributed by atoms with van der Waals surface area (Å²) in [5.41, 5.74) is 4.05. The van der Waals surface area contributed by atoms with Crippen molar-refractivity contribution in [3.8, 4) is 0 Å². The third kappa shape index (κ3) is 1.27. The minimum Gasteiger partial charge on any atom is -0.304 e. The van der Waals surface area contributed by atoms with Crippen LogP contribution in [0.4, 0.5) is 0 Å². The zero-order valence-corrected chi connectivity index (χ0v) is 8.73. The molecule has 1 aromatic rings. The summed E-state index contributed by atoms with van der Waals surface area (Å²) < 4.78 is 0. The van der Waals surface area contributed by atoms with E-state index < -0.39 is 0 Å². The number of aromatic nitrogens is 2. The number of aromatic amines is 1. The molecule has 0 fully saturated rings. The highest BCUT2D eigenvalue weighted by Gasteiger charge is 2.34. The Labute approximate surface area is 78.9 Å². The minimum absolute atomic E-state index is 0.264. The molecule has 1 aliphatic rings. The topological polar surface area (TPSA) is 40.7 Å². The highest BCUT2D eigenvalue weighted by molar-refractivity contribution is 5.33. The molecule has 13 heavy (non-hydrogen) atoms. The molecule has 3 heteroatoms. The largest absolute Gasteiger partial charge is 0.304 e. The van der Waals surface area contributed by atoms with Crippen molar-refractivity contribution in [1.29, 1.82) is 0 Å². The monoisotopic (exact) mass is 179 g/mol. The molecule has 2 rings (SSSR count). The average molecular weight is 179 g/mol. The molecule has 1 atom stereocenters. The highest BCUT2D eigenvalue weighted by Crippen LogP contribution is 2.39. The Morgan fingerprint density at radius 3 is 2.69 bits per heavy atom. The maximum Gasteiger partial charge on any atom is 0.0810 e. The van der Waals surface area contributed by atoms with Gasteiger partial charge in [0.05, 0.1) is 5.69 Å². The second-order valence-electron chi connectivity index (χ2n) is 4.89. The lowest BCUT2D eigenvalue weighted by atomic mass is 9.83. The smallest absolute Gasteiger partial charge is 0.0810 e. The summed E-state index contributed by atoms with van der Waals surface area (Å²) in [6.45, 7) is 9.77. The van der Waals surface area contributed by atoms with Crippen LogP contribution in [0.25, 0.3) is 0 Å². The van der Waals surface area contributed by atoms with E-state index in [2.05, 4.69) is 43.2 Å². The molecule has 3 nitrogen and oxygen atoms in total. The summed E-state index contributed by atoms with van der Waals surface area (Å²) >= 11 is 0. The van der Waals surface area contributed by atoms with Crippen molar-refractivity contribution in [2.45, 2.75) is 40.3 Å². The van der Waals surface area contributed by atoms with Crippen LogP contribution in [-0.2, 0) is 6.54 Å². The van der Waals surface area contributed by atoms with Gasteiger partial charge in [-0.25, -0.2) is 0 Å². The van der Waals surface area contributed by atoms with Gasteiger partial charge in [-0.3, -0.25) is 5.10 Å². The van der Waals surface area contributed by atoms with Crippen molar-refractivity contribution in [2.24, 2.45) is 5.41 Å². The maximum absolute atomic E-state index is 4.27. The van der Waals surface area contributed by atoms with Crippen molar-refractivity contribution in [2.75, 3.05) is 0 Å². The molecule has 0 saturated carbocycles. The lowest BCUT2D eigenvalue weighted by Crippen LogP contribution is -2.27. The molecule has 2 N–H and O–H groups in total. The van der Waals surface area contributed by atoms with Gasteiger partial charge in [0, 0.05) is 23.8 Å². The molecule has 72 valence electrons. The molecule has 0 amide bonds. The van der Waals surface area contributed by atoms with Gasteiger partial charge in [-0.2, -0.15) is 5.10 Å². The Bertz CT molecular complexity index is 319. The minimum atomic E-state index is 0.264. The van der Waals surface area contributed by atoms with E-state index in [4.69, 9.17) is 0 Å². The van der Waals surface area contributed by atoms with E-state index >= 15 is 0 Å². The van der Waals surface area contributed by atoms with E-state index in [0.29, 0.717) is 6.04 Å². The van der Waals surface area contributed by atoms with Gasteiger partial charge in [0.2, 0.25) is 0 Å². The molecule has 0 radical (unpaired) electrons. The van der Waals surface area contributed by atoms with Crippen LogP contribution in [0.3, 0.4) is 0 Å². The first-order chi connectivity index (χ1) is 6.00. The Morgan fingerprint density at radius 2 is 2.08 bits per heavy atom. The summed E-state index contributed by atoms with van der Waals surface area (Å²) in [5.74, 6) is 0. The molecule has 1 aliphatic heterocycles. The van der Waals surface area contributed by atoms with Gasteiger partial charge in [-0.15, -0.1) is 0 Å². The fourth-order valence-electron chi connectivity index (χ4n) is 2.05. The van der Waals surface area contributed by atoms with Gasteiger partial charge in [0.25, 0.3) is 0 Å². The van der Waals surface area contributed by atoms with Gasteiger partial charge in [0.1, 0.15) is 0 Å². The van der Waals surface area contributed by atoms with Crippen LogP contribution >= 0.6 is 0 Å². The van der Waals surface area contributed by atoms with E-state index in [0.717, 1.165) is 6.54 Å². The van der Waals surface area contributed by atoms with Crippen molar-refractivity contribution in [1.82, 2.24) is 15.5 Å². The summed E-state index contributed by atoms with van der Waals surface area (Å²) in [6.07, 6.45) is 0. The van der Waals surface area contributed by atoms with Crippen molar-refractivity contribution < 1.29 is 0 Å². The number of nitrogens with one attached hydrogen (secondary N) is 2. The number of hydrogen-bond acceptors (Lipinski definition) is 2. The molecule has 0 bridgehead atoms. The Kier molecular flexibility index (Phi) is 1.74. The Balaban J connectivity index is 2.42. The van der Waals surface area contributed by atoms with Crippen LogP contribution in [-0.4, -0.2) is 10.2 Å². The quantitative estimate of drug-likeness (QED) is 0.638. The molecular weight excluding hydrogens is 162 g/mol. The second kappa shape index (κ2) is 2.58. The molecular formula is C10H17N3. The third-order valence-electron chi connectivity index (χ3n) is 2.70. The normalized spacial score (nSPS) is 22.0. The van der Waals surface area contributed by atoms with Gasteiger partial charge < -0.3 is 5.32 Å². The molecule has 2 heterocycles. The van der Waals surface area contributed by atoms with E-state index in [1.54, 1.807) is 0 Å². The van der Waals surface area contributed by atoms with Crippen LogP contribution in [0.5, 0.6) is 0 Å². The van der Waals surface area contributed by atoms with Gasteiger partial charge in [-0.05, 0) is 12.3 Å². The molecule has 0 aliphatic carbocycles. The maximum atomic E-state index is 4.27. The highest BCUT2D eigenvalue weighted by atomic mass is 15.2. The standard InChI is InChI=1S/C10H17N3/c1-6-8-7(13-12-6)5-11-9(8)10(2,3)4/h9,11H,5H2,1-4H3,(H,12,13). The summed E-state index contributed by atoms with van der Waals surface area (Å²) in [6, 6.07) is 0.446. The first-order valence-electron chi connectivity index (χ1n) is 4.77. The second-order valence-corrected chi connectivity index (χ2v) is 4.89. The molecule has 1 aromatic heterocycles. The first kappa shape index (κ1) is 8.75. The van der Waals surface area contributed by atoms with Gasteiger partial charge >= 0.3 is 0 Å². The van der Waals surface area contributed by atoms with Gasteiger partial charge in [-0.1, -0.05) is 20.8 Å². The van der Waals surface area contributed by atoms with E-state index in [1.165, 1.54) is 17.0 Å². The third-order valence-corrected chi connectivity index (χ3v) is 2.70. The number of rotatable bonds is 0. The van der Waals surface area contributed by atoms with E-state index in [1.807, 2.05) is 0 Å². The Morgan fingerprint density at radius 1 is 1.38 bits per heavy atom. The van der Waals surface area contributed by atoms with Crippen molar-refractivity contribution >= 4 is 0 Å². The van der Waals surface area contributed by atoms with Crippen LogP contribution in [0.2, 0.25) is 0 Å². The fourth-order valence-corrected chi connectivity index (χ4v) is 2.05. The van der Waals surface area contributed by atoms with Crippen LogP contribution < -0.4 is 5.32 Å². The van der Waals surface area contributed by atoms with Gasteiger partial charge in [0.15, 0.2) is 0 Å². The number of aryl methyl sites for hydroxylation is 1. The molecule has 0 aromatic carbocycles. The van der Waals surface area contributed by atoms with Crippen molar-refractivity contribution in [3.05, 3.63) is 17.0 Å². The van der Waals surface area contributed by atoms with E-state index in [-0.39, 0.29) is 5.41 Å². The number of hydrogen-bond donors (Lipinski definition) is 2. The van der Waals surface area contributed by atoms with Crippen LogP contribution in [0.1, 0.15) is 43.8 Å². The predicted octanol–water partition coefficient (Wildman–Crippen LogP) is 1.91. The summed E-state index contributed by atoms with van der Waals surface area (Å²) in [7, 11) is 0. The average Bonchev–Trinajstić information content (AvgIpc) is 2.51. The molecule has 0 saturated heterocycles. The fraction of sp³-hybridized carbons (Fsp3) is 0.700. The zero-order chi connectivity index (χ0) is 9.64. The summed E-state index contributed by atoms with van der Waals surface area (Å²) in [5, 5.41) is 10.8. The van der Waals surface area contributed by atoms with Crippen molar-refractivity contribution in [3.63, 3.8) is 0 Å². The van der Waals surface area contributed by atoms with E-state index in [9.17, 15) is 0 Å². The lowest BCUT2D eigenvalue weighted by molar-refractivity contribution is 0.286. The molecule has 0 spiro atoms. The first-order valence-corrected chi connectivity index (χ1v) is 4.77. The SMILES string of the molecule is Cc1[nH]nc2c1C(C(C)(C)C)NC2. The zero-order valence-electron chi connectivity index (χ0n) is 8.73. The number of H-pyrrole nitrogens is 1. The number of fused-ring (bicyclic) bond motifs is 1. The Hall–Kier alpha value is -0.830. The lowest BCUT2D eigenvalue weighted by Gasteiger charge is -2.27. The summed E-state index contributed by atoms with van der Waals surface area (Å²) in [4.78, 5) is 0. The predicted molar refractivity (Wildman–Crippen MR) is 52.4 cm³/mol. The van der Waals surface area contributed by atoms with Crippen LogP contribution in [0, 0.1) is 12.3 Å². The molecule has 1 unspecified atom stereocenters. The number of nitrogens with zero attached hydrogens (tertiary/aromatic N) is 1.